The maximum atomic E-state index is 13.1. The van der Waals surface area contributed by atoms with E-state index < -0.39 is 40.5 Å². The first kappa shape index (κ1) is 27.3. The summed E-state index contributed by atoms with van der Waals surface area (Å²) in [6, 6.07) is 25.0. The summed E-state index contributed by atoms with van der Waals surface area (Å²) in [5, 5.41) is 7.54. The number of hydrogen-bond acceptors (Lipinski definition) is 4. The minimum atomic E-state index is -1.31. The molecule has 4 aromatic rings. The highest BCUT2D eigenvalue weighted by Gasteiger charge is 2.49. The van der Waals surface area contributed by atoms with E-state index in [1.54, 1.807) is 31.2 Å². The van der Waals surface area contributed by atoms with E-state index in [1.165, 1.54) is 72.8 Å². The first-order valence-electron chi connectivity index (χ1n) is 12.5. The molecule has 4 amide bonds. The Morgan fingerprint density at radius 1 is 0.561 bits per heavy atom. The third-order valence-electron chi connectivity index (χ3n) is 6.84. The van der Waals surface area contributed by atoms with Crippen LogP contribution in [0, 0.1) is 17.5 Å². The maximum Gasteiger partial charge on any atom is 0.322 e. The summed E-state index contributed by atoms with van der Waals surface area (Å²) < 4.78 is 39.4. The standard InChI is InChI=1S/C16H12F2N2O.C15H11FN2O2/c1-10-19-15(21)16(20-10,11-2-6-13(17)7-3-11)12-4-8-14(18)9-5-12;16-12-8-6-11(7-9-12)15(10-4-2-1-3-5-10)13(19)17-14(20)18-15/h2-9H,1H3,(H,19,20,21);1-9H,(H2,17,18,19,20)/i17-1,18-1;16-1. The zero-order chi connectivity index (χ0) is 29.2. The molecule has 3 N–H and O–H groups in total. The van der Waals surface area contributed by atoms with Gasteiger partial charge < -0.3 is 10.6 Å². The van der Waals surface area contributed by atoms with Crippen molar-refractivity contribution >= 4 is 23.7 Å². The number of carbonyl (C=O) groups is 3. The summed E-state index contributed by atoms with van der Waals surface area (Å²) in [5.74, 6) is -1.53. The predicted molar refractivity (Wildman–Crippen MR) is 145 cm³/mol. The molecule has 0 aromatic heterocycles. The quantitative estimate of drug-likeness (QED) is 0.321. The Kier molecular flexibility index (Phi) is 7.15. The summed E-state index contributed by atoms with van der Waals surface area (Å²) in [5.41, 5.74) is -0.421. The number of urea groups is 1. The van der Waals surface area contributed by atoms with Crippen molar-refractivity contribution in [3.8, 4) is 0 Å². The fraction of sp³-hybridized carbons (Fsp3) is 0.0968. The van der Waals surface area contributed by atoms with Crippen LogP contribution in [0.3, 0.4) is 0 Å². The SMILES string of the molecule is CC1=NC(c2ccc([18F])cc2)(c2ccc([18F])cc2)C(=O)N1.O=C1NC(=O)C(c2ccccc2)(c2ccc([18F])cc2)N1. The van der Waals surface area contributed by atoms with Crippen LogP contribution in [-0.2, 0) is 20.7 Å². The lowest BCUT2D eigenvalue weighted by Gasteiger charge is -2.27. The van der Waals surface area contributed by atoms with Gasteiger partial charge in [0.1, 0.15) is 23.3 Å². The zero-order valence-electron chi connectivity index (χ0n) is 21.6. The van der Waals surface area contributed by atoms with Gasteiger partial charge in [-0.3, -0.25) is 14.9 Å². The lowest BCUT2D eigenvalue weighted by molar-refractivity contribution is -0.123. The molecule has 0 saturated carbocycles. The van der Waals surface area contributed by atoms with E-state index in [1.807, 2.05) is 6.07 Å². The molecule has 6 rings (SSSR count). The van der Waals surface area contributed by atoms with Gasteiger partial charge in [0, 0.05) is 0 Å². The number of amides is 4. The Balaban J connectivity index is 0.000000165. The van der Waals surface area contributed by atoms with Crippen LogP contribution in [0.2, 0.25) is 0 Å². The molecule has 1 atom stereocenters. The van der Waals surface area contributed by atoms with Crippen LogP contribution in [-0.4, -0.2) is 23.7 Å². The van der Waals surface area contributed by atoms with Gasteiger partial charge in [0.2, 0.25) is 0 Å². The lowest BCUT2D eigenvalue weighted by Crippen LogP contribution is -2.44. The number of halogens is 3. The fourth-order valence-electron chi connectivity index (χ4n) is 4.94. The molecule has 7 nitrogen and oxygen atoms in total. The average Bonchev–Trinajstić information content (AvgIpc) is 3.45. The van der Waals surface area contributed by atoms with E-state index >= 15 is 0 Å². The Hall–Kier alpha value is -5.25. The van der Waals surface area contributed by atoms with Gasteiger partial charge >= 0.3 is 6.03 Å². The van der Waals surface area contributed by atoms with E-state index in [4.69, 9.17) is 0 Å². The van der Waals surface area contributed by atoms with Gasteiger partial charge in [0.05, 0.1) is 0 Å². The van der Waals surface area contributed by atoms with Crippen molar-refractivity contribution < 1.29 is 27.6 Å². The minimum absolute atomic E-state index is 0.335. The number of benzene rings is 4. The highest BCUT2D eigenvalue weighted by atomic mass is 18.2. The Bertz CT molecular complexity index is 1600. The van der Waals surface area contributed by atoms with Crippen molar-refractivity contribution in [3.63, 3.8) is 0 Å². The predicted octanol–water partition coefficient (Wildman–Crippen LogP) is 4.67. The third kappa shape index (κ3) is 4.95. The first-order valence-corrected chi connectivity index (χ1v) is 12.5. The van der Waals surface area contributed by atoms with Crippen LogP contribution in [0.1, 0.15) is 29.2 Å². The summed E-state index contributed by atoms with van der Waals surface area (Å²) in [4.78, 5) is 40.7. The highest BCUT2D eigenvalue weighted by molar-refractivity contribution is 6.10. The molecule has 1 unspecified atom stereocenters. The molecule has 2 aliphatic rings. The largest absolute Gasteiger partial charge is 0.322 e. The molecular formula is C31H23F3N4O3. The van der Waals surface area contributed by atoms with Crippen LogP contribution in [0.5, 0.6) is 0 Å². The van der Waals surface area contributed by atoms with Gasteiger partial charge in [-0.05, 0) is 65.6 Å². The van der Waals surface area contributed by atoms with Crippen molar-refractivity contribution in [2.75, 3.05) is 0 Å². The molecule has 0 spiro atoms. The number of imide groups is 1. The van der Waals surface area contributed by atoms with Crippen LogP contribution in [0.25, 0.3) is 0 Å². The number of aliphatic imine (C=N–C) groups is 1. The van der Waals surface area contributed by atoms with Crippen molar-refractivity contribution in [2.24, 2.45) is 4.99 Å². The van der Waals surface area contributed by atoms with Gasteiger partial charge in [0.25, 0.3) is 11.8 Å². The molecular weight excluding hydrogens is 530 g/mol. The van der Waals surface area contributed by atoms with Crippen molar-refractivity contribution in [1.29, 1.82) is 0 Å². The van der Waals surface area contributed by atoms with Gasteiger partial charge in [0.15, 0.2) is 11.1 Å². The van der Waals surface area contributed by atoms with E-state index in [9.17, 15) is 27.6 Å². The zero-order valence-corrected chi connectivity index (χ0v) is 21.6. The molecule has 10 heteroatoms. The molecule has 0 aliphatic carbocycles. The molecule has 41 heavy (non-hydrogen) atoms. The highest BCUT2D eigenvalue weighted by Crippen LogP contribution is 2.37. The monoisotopic (exact) mass is 553 g/mol. The van der Waals surface area contributed by atoms with Gasteiger partial charge in [-0.15, -0.1) is 0 Å². The Morgan fingerprint density at radius 2 is 1.00 bits per heavy atom. The number of hydrogen-bond donors (Lipinski definition) is 3. The summed E-state index contributed by atoms with van der Waals surface area (Å²) in [6.45, 7) is 1.67. The summed E-state index contributed by atoms with van der Waals surface area (Å²) in [7, 11) is 0. The first-order chi connectivity index (χ1) is 19.6. The van der Waals surface area contributed by atoms with E-state index in [0.717, 1.165) is 0 Å². The summed E-state index contributed by atoms with van der Waals surface area (Å²) in [6.07, 6.45) is 0. The van der Waals surface area contributed by atoms with Crippen LogP contribution < -0.4 is 16.0 Å². The summed E-state index contributed by atoms with van der Waals surface area (Å²) >= 11 is 0. The second-order valence-electron chi connectivity index (χ2n) is 9.41. The van der Waals surface area contributed by atoms with E-state index in [-0.39, 0.29) is 5.91 Å². The second kappa shape index (κ2) is 10.7. The molecule has 0 bridgehead atoms. The Labute approximate surface area is 233 Å². The molecule has 1 saturated heterocycles. The number of nitrogens with zero attached hydrogens (tertiary/aromatic N) is 1. The molecule has 2 aliphatic heterocycles. The maximum absolute atomic E-state index is 13.1. The number of nitrogens with one attached hydrogen (secondary N) is 3. The molecule has 0 radical (unpaired) electrons. The van der Waals surface area contributed by atoms with Crippen LogP contribution in [0.4, 0.5) is 18.0 Å². The van der Waals surface area contributed by atoms with E-state index in [2.05, 4.69) is 20.9 Å². The van der Waals surface area contributed by atoms with Crippen molar-refractivity contribution in [3.05, 3.63) is 143 Å². The van der Waals surface area contributed by atoms with Gasteiger partial charge in [-0.2, -0.15) is 0 Å². The smallest absolute Gasteiger partial charge is 0.316 e. The molecule has 1 fully saturated rings. The molecule has 2 heterocycles. The number of carbonyl (C=O) groups excluding carboxylic acids is 3. The molecule has 4 aromatic carbocycles. The third-order valence-corrected chi connectivity index (χ3v) is 6.84. The van der Waals surface area contributed by atoms with E-state index in [0.29, 0.717) is 28.1 Å². The van der Waals surface area contributed by atoms with Gasteiger partial charge in [-0.1, -0.05) is 66.7 Å². The van der Waals surface area contributed by atoms with Crippen molar-refractivity contribution in [2.45, 2.75) is 18.0 Å². The van der Waals surface area contributed by atoms with Gasteiger partial charge in [-0.25, -0.2) is 23.0 Å². The lowest BCUT2D eigenvalue weighted by atomic mass is 9.83. The van der Waals surface area contributed by atoms with Crippen molar-refractivity contribution in [1.82, 2.24) is 16.0 Å². The average molecular weight is 554 g/mol. The number of rotatable bonds is 4. The topological polar surface area (TPSA) is 99.7 Å². The fourth-order valence-corrected chi connectivity index (χ4v) is 4.94. The van der Waals surface area contributed by atoms with Crippen LogP contribution in [0.15, 0.2) is 108 Å². The Morgan fingerprint density at radius 3 is 1.39 bits per heavy atom. The minimum Gasteiger partial charge on any atom is -0.316 e. The molecule has 206 valence electrons. The number of amidine groups is 1. The second-order valence-corrected chi connectivity index (χ2v) is 9.41. The normalized spacial score (nSPS) is 18.9. The van der Waals surface area contributed by atoms with Crippen LogP contribution >= 0.6 is 0 Å².